The molecule has 0 saturated heterocycles. The van der Waals surface area contributed by atoms with Gasteiger partial charge in [-0.1, -0.05) is 12.1 Å². The van der Waals surface area contributed by atoms with Crippen LogP contribution in [0.2, 0.25) is 0 Å². The van der Waals surface area contributed by atoms with E-state index in [1.165, 1.54) is 12.1 Å². The van der Waals surface area contributed by atoms with Gasteiger partial charge in [-0.05, 0) is 29.8 Å². The summed E-state index contributed by atoms with van der Waals surface area (Å²) in [6.45, 7) is 2.49. The molecule has 0 spiro atoms. The van der Waals surface area contributed by atoms with Crippen LogP contribution >= 0.6 is 24.0 Å². The van der Waals surface area contributed by atoms with Crippen LogP contribution in [0.15, 0.2) is 52.1 Å². The van der Waals surface area contributed by atoms with Crippen molar-refractivity contribution in [3.63, 3.8) is 0 Å². The van der Waals surface area contributed by atoms with Gasteiger partial charge in [0.2, 0.25) is 0 Å². The largest absolute Gasteiger partial charge is 0.469 e. The van der Waals surface area contributed by atoms with E-state index in [1.54, 1.807) is 25.5 Å². The fraction of sp³-hybridized carbons (Fsp3) is 0.389. The summed E-state index contributed by atoms with van der Waals surface area (Å²) in [5.41, 5.74) is 1.02. The number of methoxy groups -OCH3 is 1. The zero-order chi connectivity index (χ0) is 17.2. The summed E-state index contributed by atoms with van der Waals surface area (Å²) in [6.07, 6.45) is 2.45. The number of nitrogens with one attached hydrogen (secondary N) is 1. The number of benzene rings is 1. The number of rotatable bonds is 8. The molecule has 0 radical (unpaired) electrons. The fourth-order valence-electron chi connectivity index (χ4n) is 2.25. The lowest BCUT2D eigenvalue weighted by atomic mass is 10.2. The number of nitrogens with zero attached hydrogens (tertiary/aromatic N) is 2. The van der Waals surface area contributed by atoms with Gasteiger partial charge in [0.25, 0.3) is 0 Å². The minimum atomic E-state index is -0.230. The van der Waals surface area contributed by atoms with Crippen LogP contribution in [-0.2, 0) is 17.7 Å². The predicted molar refractivity (Wildman–Crippen MR) is 108 cm³/mol. The second kappa shape index (κ2) is 11.9. The van der Waals surface area contributed by atoms with Gasteiger partial charge >= 0.3 is 0 Å². The maximum atomic E-state index is 13.0. The summed E-state index contributed by atoms with van der Waals surface area (Å²) in [4.78, 5) is 6.55. The number of hydrogen-bond acceptors (Lipinski definition) is 3. The summed E-state index contributed by atoms with van der Waals surface area (Å²) in [5, 5.41) is 3.33. The Balaban J connectivity index is 0.00000312. The van der Waals surface area contributed by atoms with E-state index in [4.69, 9.17) is 9.15 Å². The number of halogens is 2. The van der Waals surface area contributed by atoms with E-state index in [0.29, 0.717) is 26.2 Å². The van der Waals surface area contributed by atoms with Crippen molar-refractivity contribution in [1.29, 1.82) is 0 Å². The first-order valence-corrected chi connectivity index (χ1v) is 7.94. The maximum absolute atomic E-state index is 13.0. The van der Waals surface area contributed by atoms with E-state index in [9.17, 15) is 4.39 Å². The first-order valence-electron chi connectivity index (χ1n) is 7.94. The normalized spacial score (nSPS) is 11.1. The third kappa shape index (κ3) is 7.87. The molecule has 25 heavy (non-hydrogen) atoms. The molecule has 1 aromatic carbocycles. The number of guanidine groups is 1. The van der Waals surface area contributed by atoms with Gasteiger partial charge in [0.15, 0.2) is 5.96 Å². The topological polar surface area (TPSA) is 50.0 Å². The Hall–Kier alpha value is -1.61. The third-order valence-corrected chi connectivity index (χ3v) is 3.49. The van der Waals surface area contributed by atoms with Gasteiger partial charge in [0.05, 0.1) is 19.4 Å². The average Bonchev–Trinajstić information content (AvgIpc) is 3.09. The van der Waals surface area contributed by atoms with Gasteiger partial charge in [-0.25, -0.2) is 4.39 Å². The van der Waals surface area contributed by atoms with Crippen LogP contribution in [0.3, 0.4) is 0 Å². The summed E-state index contributed by atoms with van der Waals surface area (Å²) in [5.74, 6) is 1.48. The molecule has 0 unspecified atom stereocenters. The van der Waals surface area contributed by atoms with Gasteiger partial charge in [0.1, 0.15) is 11.6 Å². The molecule has 0 aliphatic heterocycles. The van der Waals surface area contributed by atoms with Gasteiger partial charge in [0, 0.05) is 33.7 Å². The Labute approximate surface area is 165 Å². The number of aliphatic imine (C=N–C) groups is 1. The molecule has 0 saturated carbocycles. The smallest absolute Gasteiger partial charge is 0.194 e. The molecule has 0 fully saturated rings. The Bertz CT molecular complexity index is 618. The molecule has 2 rings (SSSR count). The van der Waals surface area contributed by atoms with E-state index in [2.05, 4.69) is 10.3 Å². The van der Waals surface area contributed by atoms with Crippen LogP contribution in [0.25, 0.3) is 0 Å². The SMILES string of the molecule is COCCN=C(NCCc1ccco1)N(C)Cc1ccc(F)cc1.I. The summed E-state index contributed by atoms with van der Waals surface area (Å²) < 4.78 is 23.4. The summed E-state index contributed by atoms with van der Waals surface area (Å²) in [6, 6.07) is 10.3. The second-order valence-corrected chi connectivity index (χ2v) is 5.44. The van der Waals surface area contributed by atoms with Crippen molar-refractivity contribution in [2.45, 2.75) is 13.0 Å². The molecule has 0 amide bonds. The highest BCUT2D eigenvalue weighted by molar-refractivity contribution is 14.0. The van der Waals surface area contributed by atoms with E-state index in [1.807, 2.05) is 24.1 Å². The number of furan rings is 1. The molecule has 2 aromatic rings. The Morgan fingerprint density at radius 3 is 2.68 bits per heavy atom. The van der Waals surface area contributed by atoms with Crippen molar-refractivity contribution in [3.05, 3.63) is 59.8 Å². The monoisotopic (exact) mass is 461 g/mol. The van der Waals surface area contributed by atoms with Crippen molar-refractivity contribution in [2.24, 2.45) is 4.99 Å². The molecule has 7 heteroatoms. The van der Waals surface area contributed by atoms with Gasteiger partial charge in [-0.15, -0.1) is 24.0 Å². The predicted octanol–water partition coefficient (Wildman–Crippen LogP) is 3.30. The minimum absolute atomic E-state index is 0. The van der Waals surface area contributed by atoms with Gasteiger partial charge in [-0.3, -0.25) is 4.99 Å². The van der Waals surface area contributed by atoms with E-state index in [-0.39, 0.29) is 29.8 Å². The van der Waals surface area contributed by atoms with E-state index < -0.39 is 0 Å². The van der Waals surface area contributed by atoms with Crippen molar-refractivity contribution >= 4 is 29.9 Å². The lowest BCUT2D eigenvalue weighted by Crippen LogP contribution is -2.39. The Kier molecular flexibility index (Phi) is 10.2. The second-order valence-electron chi connectivity index (χ2n) is 5.44. The number of hydrogen-bond donors (Lipinski definition) is 1. The molecule has 0 atom stereocenters. The molecule has 1 aromatic heterocycles. The Morgan fingerprint density at radius 1 is 1.28 bits per heavy atom. The lowest BCUT2D eigenvalue weighted by Gasteiger charge is -2.22. The lowest BCUT2D eigenvalue weighted by molar-refractivity contribution is 0.207. The van der Waals surface area contributed by atoms with Crippen LogP contribution in [0.1, 0.15) is 11.3 Å². The van der Waals surface area contributed by atoms with Crippen molar-refractivity contribution in [2.75, 3.05) is 33.9 Å². The van der Waals surface area contributed by atoms with Crippen molar-refractivity contribution in [1.82, 2.24) is 10.2 Å². The fourth-order valence-corrected chi connectivity index (χ4v) is 2.25. The highest BCUT2D eigenvalue weighted by Crippen LogP contribution is 2.06. The van der Waals surface area contributed by atoms with Crippen LogP contribution in [0.4, 0.5) is 4.39 Å². The first kappa shape index (κ1) is 21.4. The van der Waals surface area contributed by atoms with Crippen LogP contribution in [0, 0.1) is 5.82 Å². The van der Waals surface area contributed by atoms with Gasteiger partial charge in [-0.2, -0.15) is 0 Å². The van der Waals surface area contributed by atoms with Crippen molar-refractivity contribution in [3.8, 4) is 0 Å². The summed E-state index contributed by atoms with van der Waals surface area (Å²) in [7, 11) is 3.61. The molecular formula is C18H25FIN3O2. The van der Waals surface area contributed by atoms with E-state index in [0.717, 1.165) is 23.7 Å². The molecule has 138 valence electrons. The van der Waals surface area contributed by atoms with Crippen LogP contribution in [0.5, 0.6) is 0 Å². The van der Waals surface area contributed by atoms with Crippen LogP contribution in [-0.4, -0.2) is 44.7 Å². The highest BCUT2D eigenvalue weighted by Gasteiger charge is 2.08. The van der Waals surface area contributed by atoms with Gasteiger partial charge < -0.3 is 19.4 Å². The minimum Gasteiger partial charge on any atom is -0.469 e. The first-order chi connectivity index (χ1) is 11.7. The standard InChI is InChI=1S/C18H24FN3O2.HI/c1-22(14-15-5-7-16(19)8-6-15)18(21-11-13-23-2)20-10-9-17-4-3-12-24-17;/h3-8,12H,9-11,13-14H2,1-2H3,(H,20,21);1H. The highest BCUT2D eigenvalue weighted by atomic mass is 127. The molecule has 1 heterocycles. The quantitative estimate of drug-likeness (QED) is 0.284. The molecular weight excluding hydrogens is 436 g/mol. The van der Waals surface area contributed by atoms with Crippen molar-refractivity contribution < 1.29 is 13.5 Å². The average molecular weight is 461 g/mol. The zero-order valence-electron chi connectivity index (χ0n) is 14.6. The molecule has 0 aliphatic carbocycles. The summed E-state index contributed by atoms with van der Waals surface area (Å²) >= 11 is 0. The Morgan fingerprint density at radius 2 is 2.04 bits per heavy atom. The molecule has 0 bridgehead atoms. The van der Waals surface area contributed by atoms with E-state index >= 15 is 0 Å². The molecule has 5 nitrogen and oxygen atoms in total. The maximum Gasteiger partial charge on any atom is 0.194 e. The molecule has 1 N–H and O–H groups in total. The zero-order valence-corrected chi connectivity index (χ0v) is 16.9. The molecule has 0 aliphatic rings. The number of ether oxygens (including phenoxy) is 1. The third-order valence-electron chi connectivity index (χ3n) is 3.49. The van der Waals surface area contributed by atoms with Crippen LogP contribution < -0.4 is 5.32 Å².